The van der Waals surface area contributed by atoms with Crippen molar-refractivity contribution in [2.45, 2.75) is 0 Å². The van der Waals surface area contributed by atoms with E-state index in [1.54, 1.807) is 42.5 Å². The summed E-state index contributed by atoms with van der Waals surface area (Å²) in [5.74, 6) is -0.716. The van der Waals surface area contributed by atoms with Crippen LogP contribution >= 0.6 is 15.9 Å². The number of carbonyl (C=O) groups is 2. The fraction of sp³-hybridized carbons (Fsp3) is 0.0476. The molecule has 0 saturated carbocycles. The largest absolute Gasteiger partial charge is 0.495 e. The molecule has 0 saturated heterocycles. The second kappa shape index (κ2) is 8.67. The molecule has 0 unspecified atom stereocenters. The smallest absolute Gasteiger partial charge is 0.255 e. The number of ether oxygens (including phenoxy) is 1. The van der Waals surface area contributed by atoms with E-state index in [0.29, 0.717) is 27.2 Å². The van der Waals surface area contributed by atoms with Gasteiger partial charge in [-0.15, -0.1) is 0 Å². The molecule has 0 radical (unpaired) electrons. The Morgan fingerprint density at radius 2 is 1.57 bits per heavy atom. The molecule has 28 heavy (non-hydrogen) atoms. The van der Waals surface area contributed by atoms with Crippen LogP contribution in [0.15, 0.2) is 71.2 Å². The highest BCUT2D eigenvalue weighted by Gasteiger charge is 2.11. The van der Waals surface area contributed by atoms with E-state index in [-0.39, 0.29) is 11.5 Å². The first-order valence-electron chi connectivity index (χ1n) is 8.28. The van der Waals surface area contributed by atoms with Crippen molar-refractivity contribution >= 4 is 39.1 Å². The van der Waals surface area contributed by atoms with E-state index >= 15 is 0 Å². The van der Waals surface area contributed by atoms with Gasteiger partial charge in [0, 0.05) is 21.3 Å². The molecule has 2 N–H and O–H groups in total. The van der Waals surface area contributed by atoms with Gasteiger partial charge in [-0.05, 0) is 54.6 Å². The number of nitrogens with one attached hydrogen (secondary N) is 2. The molecule has 0 bridgehead atoms. The summed E-state index contributed by atoms with van der Waals surface area (Å²) < 4.78 is 19.1. The van der Waals surface area contributed by atoms with Crippen LogP contribution in [0.2, 0.25) is 0 Å². The molecule has 0 spiro atoms. The van der Waals surface area contributed by atoms with Gasteiger partial charge in [0.25, 0.3) is 11.8 Å². The Morgan fingerprint density at radius 1 is 0.893 bits per heavy atom. The molecule has 0 aliphatic heterocycles. The number of para-hydroxylation sites is 2. The summed E-state index contributed by atoms with van der Waals surface area (Å²) in [6.07, 6.45) is 0. The van der Waals surface area contributed by atoms with Gasteiger partial charge < -0.3 is 15.4 Å². The summed E-state index contributed by atoms with van der Waals surface area (Å²) in [5, 5.41) is 5.45. The molecule has 7 heteroatoms. The summed E-state index contributed by atoms with van der Waals surface area (Å²) in [6, 6.07) is 17.4. The number of anilines is 2. The number of benzene rings is 3. The SMILES string of the molecule is COc1ccccc1NC(=O)c1ccc(NC(=O)c2cc(F)cc(Br)c2)cc1. The monoisotopic (exact) mass is 442 g/mol. The minimum Gasteiger partial charge on any atom is -0.495 e. The van der Waals surface area contributed by atoms with Gasteiger partial charge in [-0.25, -0.2) is 4.39 Å². The molecule has 3 aromatic rings. The first-order chi connectivity index (χ1) is 13.5. The van der Waals surface area contributed by atoms with Crippen molar-refractivity contribution in [1.29, 1.82) is 0 Å². The maximum atomic E-state index is 13.4. The van der Waals surface area contributed by atoms with Crippen LogP contribution in [0, 0.1) is 5.82 Å². The Morgan fingerprint density at radius 3 is 2.25 bits per heavy atom. The highest BCUT2D eigenvalue weighted by molar-refractivity contribution is 9.10. The van der Waals surface area contributed by atoms with Crippen LogP contribution in [0.1, 0.15) is 20.7 Å². The van der Waals surface area contributed by atoms with E-state index in [1.807, 2.05) is 6.07 Å². The maximum Gasteiger partial charge on any atom is 0.255 e. The van der Waals surface area contributed by atoms with Crippen LogP contribution in [0.3, 0.4) is 0 Å². The van der Waals surface area contributed by atoms with Gasteiger partial charge in [-0.1, -0.05) is 28.1 Å². The summed E-state index contributed by atoms with van der Waals surface area (Å²) in [7, 11) is 1.53. The predicted molar refractivity (Wildman–Crippen MR) is 109 cm³/mol. The molecule has 0 aliphatic rings. The van der Waals surface area contributed by atoms with E-state index in [9.17, 15) is 14.0 Å². The fourth-order valence-corrected chi connectivity index (χ4v) is 3.00. The van der Waals surface area contributed by atoms with E-state index in [0.717, 1.165) is 6.07 Å². The molecular weight excluding hydrogens is 427 g/mol. The van der Waals surface area contributed by atoms with Gasteiger partial charge in [-0.3, -0.25) is 9.59 Å². The zero-order valence-electron chi connectivity index (χ0n) is 14.8. The minimum absolute atomic E-state index is 0.185. The highest BCUT2D eigenvalue weighted by atomic mass is 79.9. The van der Waals surface area contributed by atoms with E-state index in [2.05, 4.69) is 26.6 Å². The quantitative estimate of drug-likeness (QED) is 0.577. The second-order valence-electron chi connectivity index (χ2n) is 5.84. The number of hydrogen-bond acceptors (Lipinski definition) is 3. The van der Waals surface area contributed by atoms with Gasteiger partial charge in [0.15, 0.2) is 0 Å². The van der Waals surface area contributed by atoms with Gasteiger partial charge in [-0.2, -0.15) is 0 Å². The maximum absolute atomic E-state index is 13.4. The van der Waals surface area contributed by atoms with Crippen LogP contribution in [0.5, 0.6) is 5.75 Å². The second-order valence-corrected chi connectivity index (χ2v) is 6.76. The normalized spacial score (nSPS) is 10.2. The number of amides is 2. The number of hydrogen-bond donors (Lipinski definition) is 2. The number of rotatable bonds is 5. The molecule has 0 aliphatic carbocycles. The third kappa shape index (κ3) is 4.75. The Labute approximate surface area is 169 Å². The van der Waals surface area contributed by atoms with E-state index < -0.39 is 11.7 Å². The summed E-state index contributed by atoms with van der Waals surface area (Å²) in [6.45, 7) is 0. The molecule has 3 aromatic carbocycles. The summed E-state index contributed by atoms with van der Waals surface area (Å²) >= 11 is 3.16. The predicted octanol–water partition coefficient (Wildman–Crippen LogP) is 5.10. The standard InChI is InChI=1S/C21H16BrFN2O3/c1-28-19-5-3-2-4-18(19)25-20(26)13-6-8-17(9-7-13)24-21(27)14-10-15(22)12-16(23)11-14/h2-12H,1H3,(H,24,27)(H,25,26). The Hall–Kier alpha value is -3.19. The van der Waals surface area contributed by atoms with Gasteiger partial charge >= 0.3 is 0 Å². The number of carbonyl (C=O) groups excluding carboxylic acids is 2. The number of halogens is 2. The molecule has 5 nitrogen and oxygen atoms in total. The molecule has 142 valence electrons. The van der Waals surface area contributed by atoms with E-state index in [4.69, 9.17) is 4.74 Å². The van der Waals surface area contributed by atoms with Crippen molar-refractivity contribution in [2.24, 2.45) is 0 Å². The van der Waals surface area contributed by atoms with Crippen molar-refractivity contribution in [2.75, 3.05) is 17.7 Å². The lowest BCUT2D eigenvalue weighted by molar-refractivity contribution is 0.101. The summed E-state index contributed by atoms with van der Waals surface area (Å²) in [4.78, 5) is 24.7. The fourth-order valence-electron chi connectivity index (χ4n) is 2.54. The molecular formula is C21H16BrFN2O3. The minimum atomic E-state index is -0.511. The van der Waals surface area contributed by atoms with Crippen LogP contribution in [-0.2, 0) is 0 Å². The van der Waals surface area contributed by atoms with Crippen molar-refractivity contribution in [1.82, 2.24) is 0 Å². The van der Waals surface area contributed by atoms with Crippen molar-refractivity contribution < 1.29 is 18.7 Å². The van der Waals surface area contributed by atoms with Gasteiger partial charge in [0.05, 0.1) is 12.8 Å². The Kier molecular flexibility index (Phi) is 6.06. The summed E-state index contributed by atoms with van der Waals surface area (Å²) in [5.41, 5.74) is 1.64. The van der Waals surface area contributed by atoms with Crippen LogP contribution in [-0.4, -0.2) is 18.9 Å². The van der Waals surface area contributed by atoms with E-state index in [1.165, 1.54) is 19.2 Å². The first-order valence-corrected chi connectivity index (χ1v) is 9.07. The molecule has 2 amide bonds. The lowest BCUT2D eigenvalue weighted by atomic mass is 10.1. The third-order valence-electron chi connectivity index (χ3n) is 3.88. The van der Waals surface area contributed by atoms with Crippen LogP contribution < -0.4 is 15.4 Å². The van der Waals surface area contributed by atoms with Crippen LogP contribution in [0.25, 0.3) is 0 Å². The lowest BCUT2D eigenvalue weighted by Gasteiger charge is -2.10. The third-order valence-corrected chi connectivity index (χ3v) is 4.34. The van der Waals surface area contributed by atoms with Crippen molar-refractivity contribution in [3.05, 3.63) is 88.1 Å². The van der Waals surface area contributed by atoms with Crippen molar-refractivity contribution in [3.8, 4) is 5.75 Å². The van der Waals surface area contributed by atoms with Gasteiger partial charge in [0.1, 0.15) is 11.6 Å². The van der Waals surface area contributed by atoms with Crippen molar-refractivity contribution in [3.63, 3.8) is 0 Å². The Balaban J connectivity index is 1.69. The molecule has 0 heterocycles. The molecule has 0 fully saturated rings. The molecule has 0 aromatic heterocycles. The average Bonchev–Trinajstić information content (AvgIpc) is 2.68. The first kappa shape index (κ1) is 19.6. The highest BCUT2D eigenvalue weighted by Crippen LogP contribution is 2.24. The molecule has 0 atom stereocenters. The Bertz CT molecular complexity index is 1000. The molecule has 3 rings (SSSR count). The zero-order chi connectivity index (χ0) is 20.1. The number of methoxy groups -OCH3 is 1. The lowest BCUT2D eigenvalue weighted by Crippen LogP contribution is -2.14. The van der Waals surface area contributed by atoms with Gasteiger partial charge in [0.2, 0.25) is 0 Å². The van der Waals surface area contributed by atoms with Crippen LogP contribution in [0.4, 0.5) is 15.8 Å². The average molecular weight is 443 g/mol. The topological polar surface area (TPSA) is 67.4 Å². The zero-order valence-corrected chi connectivity index (χ0v) is 16.4.